The van der Waals surface area contributed by atoms with Crippen LogP contribution in [0.5, 0.6) is 0 Å². The van der Waals surface area contributed by atoms with Crippen LogP contribution in [0.15, 0.2) is 40.9 Å². The summed E-state index contributed by atoms with van der Waals surface area (Å²) in [5.41, 5.74) is 11.5. The SMILES string of the molecule is CCN(c1cccc(C)c1)c1cc(C)c(N)cc1Br. The summed E-state index contributed by atoms with van der Waals surface area (Å²) in [5, 5.41) is 0. The minimum absolute atomic E-state index is 0.816. The number of aryl methyl sites for hydroxylation is 2. The van der Waals surface area contributed by atoms with E-state index in [0.29, 0.717) is 0 Å². The molecule has 0 aromatic heterocycles. The number of rotatable bonds is 3. The Hall–Kier alpha value is -1.48. The molecule has 0 fully saturated rings. The normalized spacial score (nSPS) is 10.5. The average Bonchev–Trinajstić information content (AvgIpc) is 2.36. The van der Waals surface area contributed by atoms with Crippen LogP contribution in [-0.4, -0.2) is 6.54 Å². The molecule has 0 aliphatic carbocycles. The Balaban J connectivity index is 2.51. The minimum atomic E-state index is 0.816. The van der Waals surface area contributed by atoms with E-state index < -0.39 is 0 Å². The van der Waals surface area contributed by atoms with Crippen molar-refractivity contribution in [3.05, 3.63) is 52.0 Å². The number of nitrogens with zero attached hydrogens (tertiary/aromatic N) is 1. The molecule has 2 aromatic rings. The van der Waals surface area contributed by atoms with Gasteiger partial charge in [-0.2, -0.15) is 0 Å². The van der Waals surface area contributed by atoms with Crippen molar-refractivity contribution in [2.45, 2.75) is 20.8 Å². The van der Waals surface area contributed by atoms with Gasteiger partial charge in [0.2, 0.25) is 0 Å². The van der Waals surface area contributed by atoms with Crippen molar-refractivity contribution in [1.82, 2.24) is 0 Å². The van der Waals surface area contributed by atoms with Gasteiger partial charge in [-0.05, 0) is 72.1 Å². The van der Waals surface area contributed by atoms with E-state index in [4.69, 9.17) is 5.73 Å². The Kier molecular flexibility index (Phi) is 4.15. The van der Waals surface area contributed by atoms with E-state index in [-0.39, 0.29) is 0 Å². The fourth-order valence-electron chi connectivity index (χ4n) is 2.18. The predicted molar refractivity (Wildman–Crippen MR) is 87.2 cm³/mol. The summed E-state index contributed by atoms with van der Waals surface area (Å²) in [5.74, 6) is 0. The molecule has 0 heterocycles. The van der Waals surface area contributed by atoms with Crippen molar-refractivity contribution in [3.8, 4) is 0 Å². The Morgan fingerprint density at radius 1 is 1.16 bits per heavy atom. The van der Waals surface area contributed by atoms with Gasteiger partial charge in [0, 0.05) is 22.4 Å². The van der Waals surface area contributed by atoms with Crippen LogP contribution in [0.4, 0.5) is 17.1 Å². The second kappa shape index (κ2) is 5.66. The van der Waals surface area contributed by atoms with Crippen molar-refractivity contribution < 1.29 is 0 Å². The lowest BCUT2D eigenvalue weighted by Gasteiger charge is -2.25. The van der Waals surface area contributed by atoms with Gasteiger partial charge in [-0.3, -0.25) is 0 Å². The molecule has 2 rings (SSSR count). The molecule has 0 amide bonds. The summed E-state index contributed by atoms with van der Waals surface area (Å²) in [7, 11) is 0. The lowest BCUT2D eigenvalue weighted by Crippen LogP contribution is -2.17. The van der Waals surface area contributed by atoms with E-state index in [0.717, 1.165) is 28.0 Å². The summed E-state index contributed by atoms with van der Waals surface area (Å²) >= 11 is 3.62. The molecule has 0 saturated carbocycles. The molecule has 19 heavy (non-hydrogen) atoms. The molecule has 0 spiro atoms. The standard InChI is InChI=1S/C16H19BrN2/c1-4-19(13-7-5-6-11(2)8-13)16-9-12(3)15(18)10-14(16)17/h5-10H,4,18H2,1-3H3. The van der Waals surface area contributed by atoms with Crippen molar-refractivity contribution in [2.24, 2.45) is 0 Å². The molecule has 0 bridgehead atoms. The summed E-state index contributed by atoms with van der Waals surface area (Å²) in [6, 6.07) is 12.6. The number of halogens is 1. The highest BCUT2D eigenvalue weighted by atomic mass is 79.9. The third-order valence-electron chi connectivity index (χ3n) is 3.26. The van der Waals surface area contributed by atoms with Crippen LogP contribution in [0.3, 0.4) is 0 Å². The van der Waals surface area contributed by atoms with Crippen LogP contribution in [0.25, 0.3) is 0 Å². The molecule has 0 atom stereocenters. The zero-order valence-electron chi connectivity index (χ0n) is 11.6. The number of benzene rings is 2. The fraction of sp³-hybridized carbons (Fsp3) is 0.250. The largest absolute Gasteiger partial charge is 0.398 e. The maximum absolute atomic E-state index is 5.95. The van der Waals surface area contributed by atoms with Gasteiger partial charge in [0.15, 0.2) is 0 Å². The number of hydrogen-bond acceptors (Lipinski definition) is 2. The number of hydrogen-bond donors (Lipinski definition) is 1. The fourth-order valence-corrected chi connectivity index (χ4v) is 2.75. The molecule has 0 aliphatic rings. The molecule has 0 radical (unpaired) electrons. The lowest BCUT2D eigenvalue weighted by atomic mass is 10.1. The molecule has 100 valence electrons. The third kappa shape index (κ3) is 2.92. The molecule has 2 aromatic carbocycles. The van der Waals surface area contributed by atoms with Gasteiger partial charge < -0.3 is 10.6 Å². The van der Waals surface area contributed by atoms with Gasteiger partial charge in [0.1, 0.15) is 0 Å². The van der Waals surface area contributed by atoms with Crippen LogP contribution in [-0.2, 0) is 0 Å². The molecule has 0 saturated heterocycles. The van der Waals surface area contributed by atoms with Gasteiger partial charge in [-0.15, -0.1) is 0 Å². The monoisotopic (exact) mass is 318 g/mol. The van der Waals surface area contributed by atoms with Crippen LogP contribution in [0.2, 0.25) is 0 Å². The molecular formula is C16H19BrN2. The zero-order chi connectivity index (χ0) is 14.0. The van der Waals surface area contributed by atoms with Crippen LogP contribution in [0.1, 0.15) is 18.1 Å². The Labute approximate surface area is 123 Å². The smallest absolute Gasteiger partial charge is 0.0559 e. The van der Waals surface area contributed by atoms with Crippen LogP contribution >= 0.6 is 15.9 Å². The van der Waals surface area contributed by atoms with E-state index in [1.54, 1.807) is 0 Å². The summed E-state index contributed by atoms with van der Waals surface area (Å²) in [4.78, 5) is 2.28. The first-order valence-electron chi connectivity index (χ1n) is 6.42. The zero-order valence-corrected chi connectivity index (χ0v) is 13.2. The maximum atomic E-state index is 5.95. The van der Waals surface area contributed by atoms with E-state index in [2.05, 4.69) is 65.0 Å². The Bertz CT molecular complexity index is 593. The van der Waals surface area contributed by atoms with Gasteiger partial charge in [0.05, 0.1) is 5.69 Å². The summed E-state index contributed by atoms with van der Waals surface area (Å²) in [6.07, 6.45) is 0. The first-order chi connectivity index (χ1) is 9.02. The van der Waals surface area contributed by atoms with Gasteiger partial charge in [0.25, 0.3) is 0 Å². The van der Waals surface area contributed by atoms with E-state index >= 15 is 0 Å². The number of anilines is 3. The van der Waals surface area contributed by atoms with Crippen molar-refractivity contribution in [3.63, 3.8) is 0 Å². The highest BCUT2D eigenvalue weighted by molar-refractivity contribution is 9.10. The second-order valence-corrected chi connectivity index (χ2v) is 5.60. The summed E-state index contributed by atoms with van der Waals surface area (Å²) < 4.78 is 1.03. The highest BCUT2D eigenvalue weighted by Crippen LogP contribution is 2.35. The molecular weight excluding hydrogens is 300 g/mol. The second-order valence-electron chi connectivity index (χ2n) is 4.74. The van der Waals surface area contributed by atoms with E-state index in [1.807, 2.05) is 13.0 Å². The number of nitrogens with two attached hydrogens (primary N) is 1. The highest BCUT2D eigenvalue weighted by Gasteiger charge is 2.12. The van der Waals surface area contributed by atoms with E-state index in [9.17, 15) is 0 Å². The summed E-state index contributed by atoms with van der Waals surface area (Å²) in [6.45, 7) is 7.21. The maximum Gasteiger partial charge on any atom is 0.0559 e. The Morgan fingerprint density at radius 3 is 2.53 bits per heavy atom. The molecule has 2 N–H and O–H groups in total. The van der Waals surface area contributed by atoms with Gasteiger partial charge in [-0.25, -0.2) is 0 Å². The van der Waals surface area contributed by atoms with Crippen molar-refractivity contribution >= 4 is 33.0 Å². The minimum Gasteiger partial charge on any atom is -0.398 e. The van der Waals surface area contributed by atoms with Gasteiger partial charge >= 0.3 is 0 Å². The first kappa shape index (κ1) is 13.9. The lowest BCUT2D eigenvalue weighted by molar-refractivity contribution is 1.02. The first-order valence-corrected chi connectivity index (χ1v) is 7.22. The van der Waals surface area contributed by atoms with E-state index in [1.165, 1.54) is 11.3 Å². The predicted octanol–water partition coefficient (Wildman–Crippen LogP) is 4.81. The third-order valence-corrected chi connectivity index (χ3v) is 3.89. The van der Waals surface area contributed by atoms with Gasteiger partial charge in [-0.1, -0.05) is 12.1 Å². The van der Waals surface area contributed by atoms with Crippen LogP contribution in [0, 0.1) is 13.8 Å². The molecule has 3 heteroatoms. The number of nitrogen functional groups attached to an aromatic ring is 1. The topological polar surface area (TPSA) is 29.3 Å². The average molecular weight is 319 g/mol. The van der Waals surface area contributed by atoms with Crippen molar-refractivity contribution in [1.29, 1.82) is 0 Å². The molecule has 0 aliphatic heterocycles. The molecule has 0 unspecified atom stereocenters. The van der Waals surface area contributed by atoms with Crippen molar-refractivity contribution in [2.75, 3.05) is 17.2 Å². The van der Waals surface area contributed by atoms with Crippen LogP contribution < -0.4 is 10.6 Å². The molecule has 2 nitrogen and oxygen atoms in total. The Morgan fingerprint density at radius 2 is 1.89 bits per heavy atom. The quantitative estimate of drug-likeness (QED) is 0.823.